The first kappa shape index (κ1) is 16.7. The van der Waals surface area contributed by atoms with Crippen LogP contribution in [-0.2, 0) is 0 Å². The molecule has 0 aromatic heterocycles. The predicted molar refractivity (Wildman–Crippen MR) is 84.0 cm³/mol. The average Bonchev–Trinajstić information content (AvgIpc) is 3.04. The molecule has 2 rings (SSSR count). The molecule has 0 heterocycles. The third kappa shape index (κ3) is 4.19. The van der Waals surface area contributed by atoms with Crippen LogP contribution in [0.5, 0.6) is 0 Å². The summed E-state index contributed by atoms with van der Waals surface area (Å²) in [5, 5.41) is 12.1. The first-order valence-electron chi connectivity index (χ1n) is 8.07. The Hall–Kier alpha value is -1.62. The molecule has 1 aliphatic carbocycles. The number of carbonyl (C=O) groups is 1. The van der Waals surface area contributed by atoms with Crippen LogP contribution in [0.15, 0.2) is 24.3 Å². The lowest BCUT2D eigenvalue weighted by Gasteiger charge is -2.29. The van der Waals surface area contributed by atoms with Gasteiger partial charge in [0.25, 0.3) is 0 Å². The van der Waals surface area contributed by atoms with Gasteiger partial charge in [-0.3, -0.25) is 0 Å². The van der Waals surface area contributed by atoms with Crippen LogP contribution in [0.1, 0.15) is 44.2 Å². The van der Waals surface area contributed by atoms with E-state index in [1.54, 1.807) is 11.0 Å². The number of carbonyl (C=O) groups excluding carboxylic acids is 1. The van der Waals surface area contributed by atoms with E-state index in [1.807, 2.05) is 13.0 Å². The average molecular weight is 308 g/mol. The van der Waals surface area contributed by atoms with Gasteiger partial charge in [-0.1, -0.05) is 25.0 Å². The Morgan fingerprint density at radius 2 is 2.18 bits per heavy atom. The topological polar surface area (TPSA) is 52.6 Å². The predicted octanol–water partition coefficient (Wildman–Crippen LogP) is 3.08. The van der Waals surface area contributed by atoms with Gasteiger partial charge in [0.15, 0.2) is 0 Å². The molecule has 0 saturated heterocycles. The summed E-state index contributed by atoms with van der Waals surface area (Å²) in [7, 11) is 0. The van der Waals surface area contributed by atoms with Gasteiger partial charge in [0.2, 0.25) is 0 Å². The molecule has 0 radical (unpaired) electrons. The van der Waals surface area contributed by atoms with Gasteiger partial charge in [-0.2, -0.15) is 0 Å². The summed E-state index contributed by atoms with van der Waals surface area (Å²) in [6, 6.07) is 6.11. The quantitative estimate of drug-likeness (QED) is 0.848. The van der Waals surface area contributed by atoms with Crippen molar-refractivity contribution in [3.8, 4) is 0 Å². The minimum absolute atomic E-state index is 0.0602. The largest absolute Gasteiger partial charge is 0.395 e. The van der Waals surface area contributed by atoms with Gasteiger partial charge in [-0.15, -0.1) is 0 Å². The molecular weight excluding hydrogens is 283 g/mol. The lowest BCUT2D eigenvalue weighted by Crippen LogP contribution is -2.44. The monoisotopic (exact) mass is 308 g/mol. The molecule has 1 fully saturated rings. The molecule has 4 nitrogen and oxygen atoms in total. The van der Waals surface area contributed by atoms with Crippen molar-refractivity contribution in [1.82, 2.24) is 10.2 Å². The normalized spacial score (nSPS) is 16.5. The van der Waals surface area contributed by atoms with Crippen LogP contribution in [0.2, 0.25) is 0 Å². The number of halogens is 1. The highest BCUT2D eigenvalue weighted by Crippen LogP contribution is 2.36. The highest BCUT2D eigenvalue weighted by atomic mass is 19.1. The number of rotatable bonds is 6. The van der Waals surface area contributed by atoms with Gasteiger partial charge in [-0.25, -0.2) is 9.18 Å². The molecule has 2 amide bonds. The van der Waals surface area contributed by atoms with Gasteiger partial charge in [0.1, 0.15) is 5.82 Å². The Labute approximate surface area is 131 Å². The van der Waals surface area contributed by atoms with Crippen LogP contribution in [0.3, 0.4) is 0 Å². The number of benzene rings is 1. The molecule has 1 aliphatic rings. The Morgan fingerprint density at radius 3 is 2.77 bits per heavy atom. The number of nitrogens with one attached hydrogen (secondary N) is 1. The molecule has 1 aromatic rings. The zero-order chi connectivity index (χ0) is 15.9. The number of aliphatic hydroxyl groups is 1. The molecule has 0 aliphatic heterocycles. The minimum atomic E-state index is -0.280. The van der Waals surface area contributed by atoms with Gasteiger partial charge >= 0.3 is 6.03 Å². The van der Waals surface area contributed by atoms with Crippen molar-refractivity contribution < 1.29 is 14.3 Å². The molecular formula is C17H25FN2O2. The first-order valence-corrected chi connectivity index (χ1v) is 8.07. The summed E-state index contributed by atoms with van der Waals surface area (Å²) in [4.78, 5) is 14.0. The maximum absolute atomic E-state index is 13.5. The Balaban J connectivity index is 2.16. The fraction of sp³-hybridized carbons (Fsp3) is 0.588. The molecule has 1 saturated carbocycles. The summed E-state index contributed by atoms with van der Waals surface area (Å²) in [6.07, 6.45) is 4.40. The van der Waals surface area contributed by atoms with E-state index in [4.69, 9.17) is 5.11 Å². The second kappa shape index (κ2) is 8.13. The van der Waals surface area contributed by atoms with Crippen molar-refractivity contribution in [3.05, 3.63) is 35.6 Å². The molecule has 5 heteroatoms. The second-order valence-corrected chi connectivity index (χ2v) is 5.83. The van der Waals surface area contributed by atoms with Crippen molar-refractivity contribution in [2.75, 3.05) is 19.7 Å². The van der Waals surface area contributed by atoms with Gasteiger partial charge in [0.05, 0.1) is 12.6 Å². The van der Waals surface area contributed by atoms with E-state index in [2.05, 4.69) is 5.32 Å². The van der Waals surface area contributed by atoms with Crippen LogP contribution < -0.4 is 5.32 Å². The maximum atomic E-state index is 13.5. The van der Waals surface area contributed by atoms with Gasteiger partial charge in [0, 0.05) is 13.1 Å². The Bertz CT molecular complexity index is 489. The summed E-state index contributed by atoms with van der Waals surface area (Å²) in [6.45, 7) is 2.66. The third-order valence-electron chi connectivity index (χ3n) is 4.40. The van der Waals surface area contributed by atoms with Gasteiger partial charge in [-0.05, 0) is 43.4 Å². The van der Waals surface area contributed by atoms with Crippen LogP contribution in [0, 0.1) is 11.7 Å². The number of urea groups is 1. The van der Waals surface area contributed by atoms with E-state index in [-0.39, 0.29) is 24.5 Å². The minimum Gasteiger partial charge on any atom is -0.395 e. The number of hydrogen-bond acceptors (Lipinski definition) is 2. The van der Waals surface area contributed by atoms with Crippen LogP contribution in [0.25, 0.3) is 0 Å². The molecule has 2 N–H and O–H groups in total. The molecule has 22 heavy (non-hydrogen) atoms. The van der Waals surface area contributed by atoms with Gasteiger partial charge < -0.3 is 15.3 Å². The van der Waals surface area contributed by atoms with E-state index in [1.165, 1.54) is 12.1 Å². The van der Waals surface area contributed by atoms with Crippen molar-refractivity contribution in [2.45, 2.75) is 38.6 Å². The fourth-order valence-electron chi connectivity index (χ4n) is 3.21. The summed E-state index contributed by atoms with van der Waals surface area (Å²) >= 11 is 0. The highest BCUT2D eigenvalue weighted by Gasteiger charge is 2.29. The molecule has 1 unspecified atom stereocenters. The second-order valence-electron chi connectivity index (χ2n) is 5.83. The van der Waals surface area contributed by atoms with Crippen LogP contribution >= 0.6 is 0 Å². The van der Waals surface area contributed by atoms with Crippen LogP contribution in [-0.4, -0.2) is 35.7 Å². The lowest BCUT2D eigenvalue weighted by atomic mass is 9.91. The maximum Gasteiger partial charge on any atom is 0.317 e. The molecule has 1 aromatic carbocycles. The zero-order valence-corrected chi connectivity index (χ0v) is 13.1. The van der Waals surface area contributed by atoms with E-state index in [0.29, 0.717) is 19.0 Å². The third-order valence-corrected chi connectivity index (χ3v) is 4.40. The lowest BCUT2D eigenvalue weighted by molar-refractivity contribution is 0.173. The Kier molecular flexibility index (Phi) is 6.19. The number of amides is 2. The fourth-order valence-corrected chi connectivity index (χ4v) is 3.21. The zero-order valence-electron chi connectivity index (χ0n) is 13.1. The number of aliphatic hydroxyl groups excluding tert-OH is 1. The van der Waals surface area contributed by atoms with E-state index >= 15 is 0 Å². The van der Waals surface area contributed by atoms with E-state index in [9.17, 15) is 9.18 Å². The molecule has 0 bridgehead atoms. The highest BCUT2D eigenvalue weighted by molar-refractivity contribution is 5.74. The number of likely N-dealkylation sites (N-methyl/N-ethyl adjacent to an activating group) is 1. The molecule has 1 atom stereocenters. The van der Waals surface area contributed by atoms with Crippen molar-refractivity contribution in [3.63, 3.8) is 0 Å². The summed E-state index contributed by atoms with van der Waals surface area (Å²) in [5.41, 5.74) is 0.820. The van der Waals surface area contributed by atoms with Crippen molar-refractivity contribution in [2.24, 2.45) is 5.92 Å². The number of hydrogen-bond donors (Lipinski definition) is 2. The summed E-state index contributed by atoms with van der Waals surface area (Å²) in [5.74, 6) is 0.0658. The smallest absolute Gasteiger partial charge is 0.317 e. The van der Waals surface area contributed by atoms with Crippen LogP contribution in [0.4, 0.5) is 9.18 Å². The molecule has 0 spiro atoms. The summed E-state index contributed by atoms with van der Waals surface area (Å²) < 4.78 is 13.5. The first-order chi connectivity index (χ1) is 10.7. The van der Waals surface area contributed by atoms with E-state index in [0.717, 1.165) is 31.2 Å². The molecule has 122 valence electrons. The standard InChI is InChI=1S/C17H25FN2O2/c1-2-20(10-11-21)17(22)19-16(13-6-3-4-7-13)14-8-5-9-15(18)12-14/h5,8-9,12-13,16,21H,2-4,6-7,10-11H2,1H3,(H,19,22). The SMILES string of the molecule is CCN(CCO)C(=O)NC(c1cccc(F)c1)C1CCCC1. The van der Waals surface area contributed by atoms with E-state index < -0.39 is 0 Å². The van der Waals surface area contributed by atoms with Crippen molar-refractivity contribution in [1.29, 1.82) is 0 Å². The number of nitrogens with zero attached hydrogens (tertiary/aromatic N) is 1. The Morgan fingerprint density at radius 1 is 1.45 bits per heavy atom. The van der Waals surface area contributed by atoms with Crippen molar-refractivity contribution >= 4 is 6.03 Å².